The molecule has 0 bridgehead atoms. The monoisotopic (exact) mass is 902 g/mol. The van der Waals surface area contributed by atoms with E-state index in [-0.39, 0.29) is 17.7 Å². The molecule has 69 heavy (non-hydrogen) atoms. The van der Waals surface area contributed by atoms with Crippen LogP contribution in [-0.2, 0) is 10.8 Å². The van der Waals surface area contributed by atoms with Gasteiger partial charge >= 0.3 is 6.85 Å². The molecule has 3 heterocycles. The molecule has 1 aromatic heterocycles. The summed E-state index contributed by atoms with van der Waals surface area (Å²) < 4.78 is 2.63. The van der Waals surface area contributed by atoms with Gasteiger partial charge < -0.3 is 9.71 Å². The van der Waals surface area contributed by atoms with E-state index < -0.39 is 0 Å². The zero-order valence-electron chi connectivity index (χ0n) is 39.8. The minimum atomic E-state index is -0.123. The number of rotatable bonds is 4. The summed E-state index contributed by atoms with van der Waals surface area (Å²) in [6, 6.07) is 73.9. The molecule has 0 saturated carbocycles. The van der Waals surface area contributed by atoms with Crippen LogP contribution in [0, 0.1) is 6.92 Å². The van der Waals surface area contributed by atoms with Crippen LogP contribution in [0.1, 0.15) is 57.2 Å². The third-order valence-corrected chi connectivity index (χ3v) is 17.3. The number of fused-ring (bicyclic) bond motifs is 11. The Morgan fingerprint density at radius 1 is 0.464 bits per heavy atom. The molecule has 0 unspecified atom stereocenters. The van der Waals surface area contributed by atoms with Crippen LogP contribution in [0.3, 0.4) is 0 Å². The summed E-state index contributed by atoms with van der Waals surface area (Å²) in [5.41, 5.74) is 20.7. The molecular weight excluding hydrogens is 852 g/mol. The van der Waals surface area contributed by atoms with E-state index >= 15 is 0 Å². The van der Waals surface area contributed by atoms with Crippen LogP contribution < -0.4 is 20.6 Å². The van der Waals surface area contributed by atoms with Gasteiger partial charge in [0.1, 0.15) is 0 Å². The maximum absolute atomic E-state index is 2.69. The fraction of sp³-hybridized carbons (Fsp3) is 0.138. The SMILES string of the molecule is Cc1cc2c(cc1N1c3cc4ccccc4cc3B3c4c(cc(-c5ccccc5)cc41)-c1c(ccc4sc5cc6ccccc6cc5c14)N3c1ccc(-c3ccccc3)cc1)C(C)(C)CCC2(C)C. The van der Waals surface area contributed by atoms with Gasteiger partial charge in [-0.05, 0) is 168 Å². The average molecular weight is 903 g/mol. The molecule has 10 aromatic carbocycles. The van der Waals surface area contributed by atoms with E-state index in [1.54, 1.807) is 0 Å². The van der Waals surface area contributed by atoms with Crippen LogP contribution in [0.25, 0.3) is 75.1 Å². The van der Waals surface area contributed by atoms with Crippen molar-refractivity contribution in [3.8, 4) is 33.4 Å². The van der Waals surface area contributed by atoms with Crippen molar-refractivity contribution in [3.05, 3.63) is 211 Å². The van der Waals surface area contributed by atoms with Gasteiger partial charge in [0.15, 0.2) is 0 Å². The second-order valence-electron chi connectivity index (χ2n) is 21.2. The van der Waals surface area contributed by atoms with Crippen molar-refractivity contribution >= 4 is 99.3 Å². The highest BCUT2D eigenvalue weighted by molar-refractivity contribution is 7.26. The molecule has 1 aliphatic carbocycles. The Morgan fingerprint density at radius 3 is 1.72 bits per heavy atom. The highest BCUT2D eigenvalue weighted by atomic mass is 32.1. The van der Waals surface area contributed by atoms with Crippen LogP contribution in [0.2, 0.25) is 0 Å². The number of anilines is 5. The second kappa shape index (κ2) is 14.8. The number of benzene rings is 10. The first-order chi connectivity index (χ1) is 33.6. The molecule has 2 aliphatic heterocycles. The van der Waals surface area contributed by atoms with Gasteiger partial charge in [0.25, 0.3) is 0 Å². The highest BCUT2D eigenvalue weighted by Crippen LogP contribution is 2.55. The average Bonchev–Trinajstić information content (AvgIpc) is 3.74. The van der Waals surface area contributed by atoms with E-state index in [4.69, 9.17) is 0 Å². The topological polar surface area (TPSA) is 6.48 Å². The maximum Gasteiger partial charge on any atom is 0.333 e. The van der Waals surface area contributed by atoms with Gasteiger partial charge in [0.05, 0.1) is 0 Å². The fourth-order valence-corrected chi connectivity index (χ4v) is 13.6. The second-order valence-corrected chi connectivity index (χ2v) is 22.3. The number of aryl methyl sites for hydroxylation is 1. The maximum atomic E-state index is 2.69. The van der Waals surface area contributed by atoms with Crippen LogP contribution >= 0.6 is 11.3 Å². The summed E-state index contributed by atoms with van der Waals surface area (Å²) in [7, 11) is 0. The number of thiophene rings is 1. The van der Waals surface area contributed by atoms with E-state index in [9.17, 15) is 0 Å². The summed E-state index contributed by atoms with van der Waals surface area (Å²) in [6.45, 7) is 12.1. The molecule has 0 radical (unpaired) electrons. The van der Waals surface area contributed by atoms with Gasteiger partial charge in [-0.3, -0.25) is 0 Å². The Balaban J connectivity index is 1.14. The minimum Gasteiger partial charge on any atom is -0.376 e. The van der Waals surface area contributed by atoms with Gasteiger partial charge in [0.2, 0.25) is 0 Å². The first kappa shape index (κ1) is 40.7. The quantitative estimate of drug-likeness (QED) is 0.162. The predicted octanol–water partition coefficient (Wildman–Crippen LogP) is 17.1. The molecule has 0 atom stereocenters. The summed E-state index contributed by atoms with van der Waals surface area (Å²) in [5.74, 6) is 0. The Hall–Kier alpha value is -7.40. The largest absolute Gasteiger partial charge is 0.376 e. The van der Waals surface area contributed by atoms with E-state index in [2.05, 4.69) is 238 Å². The normalized spacial score (nSPS) is 15.3. The molecule has 330 valence electrons. The molecule has 0 amide bonds. The van der Waals surface area contributed by atoms with Crippen LogP contribution in [-0.4, -0.2) is 6.85 Å². The molecule has 0 N–H and O–H groups in total. The fourth-order valence-electron chi connectivity index (χ4n) is 12.4. The number of hydrogen-bond donors (Lipinski definition) is 0. The van der Waals surface area contributed by atoms with Crippen LogP contribution in [0.5, 0.6) is 0 Å². The third-order valence-electron chi connectivity index (χ3n) is 16.1. The molecule has 14 rings (SSSR count). The number of hydrogen-bond acceptors (Lipinski definition) is 3. The lowest BCUT2D eigenvalue weighted by Crippen LogP contribution is -2.61. The van der Waals surface area contributed by atoms with Crippen molar-refractivity contribution < 1.29 is 0 Å². The standard InChI is InChI=1S/C65H51BN2S/c1-40-32-52-53(65(4,5)31-30-64(52,2)3)39-56(40)67-57-36-46-22-14-13-21-45(46)35-54(57)66-63-51(34-48(37-58(63)67)42-18-10-7-11-19-42)61-55(68(66)49-26-24-43(25-27-49)41-16-8-6-9-17-41)28-29-59-62(61)50-33-44-20-12-15-23-47(44)38-60(50)69-59/h6-29,32-39H,30-31H2,1-5H3. The highest BCUT2D eigenvalue weighted by Gasteiger charge is 2.47. The lowest BCUT2D eigenvalue weighted by Gasteiger charge is -2.47. The van der Waals surface area contributed by atoms with E-state index in [0.717, 1.165) is 6.42 Å². The lowest BCUT2D eigenvalue weighted by atomic mass is 9.43. The Morgan fingerprint density at radius 2 is 1.04 bits per heavy atom. The number of nitrogens with zero attached hydrogens (tertiary/aromatic N) is 2. The van der Waals surface area contributed by atoms with E-state index in [1.165, 1.54) is 138 Å². The van der Waals surface area contributed by atoms with Crippen LogP contribution in [0.15, 0.2) is 194 Å². The molecule has 0 saturated heterocycles. The first-order valence-electron chi connectivity index (χ1n) is 24.6. The van der Waals surface area contributed by atoms with Crippen LogP contribution in [0.4, 0.5) is 28.4 Å². The van der Waals surface area contributed by atoms with Crippen molar-refractivity contribution in [2.24, 2.45) is 0 Å². The molecular formula is C65H51BN2S. The predicted molar refractivity (Wildman–Crippen MR) is 299 cm³/mol. The van der Waals surface area contributed by atoms with Gasteiger partial charge in [-0.2, -0.15) is 0 Å². The lowest BCUT2D eigenvalue weighted by molar-refractivity contribution is 0.332. The Kier molecular flexibility index (Phi) is 8.72. The van der Waals surface area contributed by atoms with E-state index in [0.29, 0.717) is 0 Å². The summed E-state index contributed by atoms with van der Waals surface area (Å²) in [4.78, 5) is 5.37. The zero-order valence-corrected chi connectivity index (χ0v) is 40.6. The van der Waals surface area contributed by atoms with Crippen molar-refractivity contribution in [2.45, 2.75) is 58.3 Å². The van der Waals surface area contributed by atoms with Crippen molar-refractivity contribution in [3.63, 3.8) is 0 Å². The Labute approximate surface area is 409 Å². The summed E-state index contributed by atoms with van der Waals surface area (Å²) in [5, 5.41) is 7.70. The van der Waals surface area contributed by atoms with Gasteiger partial charge in [-0.1, -0.05) is 161 Å². The van der Waals surface area contributed by atoms with Gasteiger partial charge in [0, 0.05) is 54.2 Å². The van der Waals surface area contributed by atoms with Crippen molar-refractivity contribution in [2.75, 3.05) is 9.71 Å². The first-order valence-corrected chi connectivity index (χ1v) is 25.5. The molecule has 0 fully saturated rings. The zero-order chi connectivity index (χ0) is 46.3. The van der Waals surface area contributed by atoms with Gasteiger partial charge in [-0.15, -0.1) is 11.3 Å². The molecule has 0 spiro atoms. The van der Waals surface area contributed by atoms with E-state index in [1.807, 2.05) is 11.3 Å². The minimum absolute atomic E-state index is 0.0423. The molecule has 2 nitrogen and oxygen atoms in total. The van der Waals surface area contributed by atoms with Crippen molar-refractivity contribution in [1.29, 1.82) is 0 Å². The summed E-state index contributed by atoms with van der Waals surface area (Å²) >= 11 is 1.92. The van der Waals surface area contributed by atoms with Crippen molar-refractivity contribution in [1.82, 2.24) is 0 Å². The summed E-state index contributed by atoms with van der Waals surface area (Å²) in [6.07, 6.45) is 2.34. The third kappa shape index (κ3) is 6.11. The Bertz CT molecular complexity index is 3920. The molecule has 11 aromatic rings. The smallest absolute Gasteiger partial charge is 0.333 e. The molecule has 4 heteroatoms. The molecule has 3 aliphatic rings. The van der Waals surface area contributed by atoms with Gasteiger partial charge in [-0.25, -0.2) is 0 Å².